The summed E-state index contributed by atoms with van der Waals surface area (Å²) >= 11 is 0. The number of rotatable bonds is 2. The quantitative estimate of drug-likeness (QED) is 0.788. The van der Waals surface area contributed by atoms with Gasteiger partial charge in [0.1, 0.15) is 11.4 Å². The minimum atomic E-state index is -0.246. The number of hydrogen-bond donors (Lipinski definition) is 1. The monoisotopic (exact) mass is 238 g/mol. The summed E-state index contributed by atoms with van der Waals surface area (Å²) in [7, 11) is 0. The van der Waals surface area contributed by atoms with Gasteiger partial charge < -0.3 is 15.0 Å². The highest BCUT2D eigenvalue weighted by molar-refractivity contribution is 5.91. The lowest BCUT2D eigenvalue weighted by atomic mass is 10.1. The fourth-order valence-electron chi connectivity index (χ4n) is 2.49. The van der Waals surface area contributed by atoms with E-state index >= 15 is 0 Å². The van der Waals surface area contributed by atoms with Crippen LogP contribution in [0.5, 0.6) is 0 Å². The predicted octanol–water partition coefficient (Wildman–Crippen LogP) is 1.28. The summed E-state index contributed by atoms with van der Waals surface area (Å²) in [4.78, 5) is 14.0. The van der Waals surface area contributed by atoms with Crippen LogP contribution in [0.4, 0.5) is 0 Å². The lowest BCUT2D eigenvalue weighted by Crippen LogP contribution is -2.43. The van der Waals surface area contributed by atoms with Gasteiger partial charge in [0.25, 0.3) is 5.91 Å². The Kier molecular flexibility index (Phi) is 3.17. The second-order valence-electron chi connectivity index (χ2n) is 5.83. The maximum absolute atomic E-state index is 12.0. The number of amides is 1. The van der Waals surface area contributed by atoms with Gasteiger partial charge in [0.2, 0.25) is 0 Å². The summed E-state index contributed by atoms with van der Waals surface area (Å²) in [6, 6.07) is 0.376. The van der Waals surface area contributed by atoms with E-state index in [1.807, 2.05) is 32.6 Å². The number of nitrogens with zero attached hydrogens (tertiary/aromatic N) is 1. The summed E-state index contributed by atoms with van der Waals surface area (Å²) in [5.41, 5.74) is -0.246. The Morgan fingerprint density at radius 1 is 1.47 bits per heavy atom. The van der Waals surface area contributed by atoms with Crippen LogP contribution in [-0.2, 0) is 9.53 Å². The highest BCUT2D eigenvalue weighted by atomic mass is 16.5. The van der Waals surface area contributed by atoms with Gasteiger partial charge in [0.15, 0.2) is 0 Å². The molecule has 0 spiro atoms. The number of nitrogens with one attached hydrogen (secondary N) is 1. The lowest BCUT2D eigenvalue weighted by molar-refractivity contribution is -0.128. The third-order valence-corrected chi connectivity index (χ3v) is 3.20. The van der Waals surface area contributed by atoms with E-state index in [0.29, 0.717) is 6.04 Å². The largest absolute Gasteiger partial charge is 0.490 e. The topological polar surface area (TPSA) is 41.6 Å². The molecule has 4 nitrogen and oxygen atoms in total. The standard InChI is InChI=1S/C13H22N2O2/c1-9-11(17-13(2,3)4)7-12(16)15(9)10-5-6-14-8-10/h7,9-10,14H,5-6,8H2,1-4H3/t9-,10-/m0/s1. The Morgan fingerprint density at radius 3 is 2.71 bits per heavy atom. The molecule has 0 aromatic heterocycles. The molecule has 0 saturated carbocycles. The summed E-state index contributed by atoms with van der Waals surface area (Å²) in [6.07, 6.45) is 2.68. The van der Waals surface area contributed by atoms with Gasteiger partial charge in [-0.3, -0.25) is 4.79 Å². The summed E-state index contributed by atoms with van der Waals surface area (Å²) in [6.45, 7) is 9.95. The van der Waals surface area contributed by atoms with E-state index in [1.165, 1.54) is 0 Å². The second-order valence-corrected chi connectivity index (χ2v) is 5.83. The van der Waals surface area contributed by atoms with Gasteiger partial charge in [0.05, 0.1) is 6.04 Å². The summed E-state index contributed by atoms with van der Waals surface area (Å²) in [5.74, 6) is 0.889. The van der Waals surface area contributed by atoms with Crippen molar-refractivity contribution in [2.24, 2.45) is 0 Å². The zero-order valence-electron chi connectivity index (χ0n) is 11.1. The minimum Gasteiger partial charge on any atom is -0.490 e. The predicted molar refractivity (Wildman–Crippen MR) is 66.5 cm³/mol. The van der Waals surface area contributed by atoms with E-state index in [4.69, 9.17) is 4.74 Å². The number of carbonyl (C=O) groups excluding carboxylic acids is 1. The van der Waals surface area contributed by atoms with Gasteiger partial charge in [-0.05, 0) is 40.7 Å². The molecule has 96 valence electrons. The Balaban J connectivity index is 2.07. The molecule has 1 saturated heterocycles. The van der Waals surface area contributed by atoms with Gasteiger partial charge in [0, 0.05) is 18.7 Å². The molecule has 1 amide bonds. The van der Waals surface area contributed by atoms with Gasteiger partial charge in [-0.2, -0.15) is 0 Å². The molecule has 1 N–H and O–H groups in total. The highest BCUT2D eigenvalue weighted by Gasteiger charge is 2.38. The van der Waals surface area contributed by atoms with E-state index in [1.54, 1.807) is 6.08 Å². The first-order valence-corrected chi connectivity index (χ1v) is 6.32. The molecular formula is C13H22N2O2. The zero-order chi connectivity index (χ0) is 12.6. The molecule has 4 heteroatoms. The van der Waals surface area contributed by atoms with E-state index < -0.39 is 0 Å². The number of ether oxygens (including phenoxy) is 1. The SMILES string of the molecule is C[C@H]1C(OC(C)(C)C)=CC(=O)N1[C@H]1CCNC1. The molecule has 17 heavy (non-hydrogen) atoms. The van der Waals surface area contributed by atoms with Crippen LogP contribution in [-0.4, -0.2) is 41.6 Å². The van der Waals surface area contributed by atoms with Gasteiger partial charge >= 0.3 is 0 Å². The highest BCUT2D eigenvalue weighted by Crippen LogP contribution is 2.28. The van der Waals surface area contributed by atoms with Crippen LogP contribution >= 0.6 is 0 Å². The third-order valence-electron chi connectivity index (χ3n) is 3.20. The fourth-order valence-corrected chi connectivity index (χ4v) is 2.49. The van der Waals surface area contributed by atoms with Gasteiger partial charge in [-0.1, -0.05) is 0 Å². The summed E-state index contributed by atoms with van der Waals surface area (Å²) < 4.78 is 5.85. The Labute approximate surface area is 103 Å². The lowest BCUT2D eigenvalue weighted by Gasteiger charge is -2.31. The van der Waals surface area contributed by atoms with Crippen molar-refractivity contribution in [3.63, 3.8) is 0 Å². The molecule has 0 radical (unpaired) electrons. The maximum Gasteiger partial charge on any atom is 0.250 e. The maximum atomic E-state index is 12.0. The van der Waals surface area contributed by atoms with Crippen molar-refractivity contribution in [3.8, 4) is 0 Å². The van der Waals surface area contributed by atoms with Crippen LogP contribution in [0.2, 0.25) is 0 Å². The van der Waals surface area contributed by atoms with Crippen molar-refractivity contribution >= 4 is 5.91 Å². The molecule has 0 aliphatic carbocycles. The smallest absolute Gasteiger partial charge is 0.250 e. The van der Waals surface area contributed by atoms with Crippen molar-refractivity contribution in [1.82, 2.24) is 10.2 Å². The molecular weight excluding hydrogens is 216 g/mol. The molecule has 2 rings (SSSR count). The van der Waals surface area contributed by atoms with Crippen LogP contribution in [0.15, 0.2) is 11.8 Å². The van der Waals surface area contributed by atoms with Crippen molar-refractivity contribution in [2.45, 2.75) is 51.8 Å². The Morgan fingerprint density at radius 2 is 2.18 bits per heavy atom. The van der Waals surface area contributed by atoms with Crippen molar-refractivity contribution in [3.05, 3.63) is 11.8 Å². The first-order valence-electron chi connectivity index (χ1n) is 6.32. The van der Waals surface area contributed by atoms with Crippen molar-refractivity contribution in [2.75, 3.05) is 13.1 Å². The number of hydrogen-bond acceptors (Lipinski definition) is 3. The molecule has 2 heterocycles. The Hall–Kier alpha value is -1.03. The van der Waals surface area contributed by atoms with Crippen LogP contribution in [0.25, 0.3) is 0 Å². The molecule has 0 aromatic carbocycles. The Bertz CT molecular complexity index is 338. The van der Waals surface area contributed by atoms with E-state index in [9.17, 15) is 4.79 Å². The third kappa shape index (κ3) is 2.63. The van der Waals surface area contributed by atoms with Crippen molar-refractivity contribution < 1.29 is 9.53 Å². The molecule has 1 fully saturated rings. The first kappa shape index (κ1) is 12.4. The molecule has 0 unspecified atom stereocenters. The van der Waals surface area contributed by atoms with E-state index in [0.717, 1.165) is 25.3 Å². The van der Waals surface area contributed by atoms with Crippen LogP contribution in [0.3, 0.4) is 0 Å². The normalized spacial score (nSPS) is 29.8. The van der Waals surface area contributed by atoms with E-state index in [2.05, 4.69) is 5.32 Å². The minimum absolute atomic E-state index is 0.0617. The van der Waals surface area contributed by atoms with Gasteiger partial charge in [-0.25, -0.2) is 0 Å². The molecule has 2 atom stereocenters. The molecule has 2 aliphatic heterocycles. The molecule has 0 aromatic rings. The molecule has 2 aliphatic rings. The van der Waals surface area contributed by atoms with Gasteiger partial charge in [-0.15, -0.1) is 0 Å². The van der Waals surface area contributed by atoms with E-state index in [-0.39, 0.29) is 17.6 Å². The van der Waals surface area contributed by atoms with Crippen molar-refractivity contribution in [1.29, 1.82) is 0 Å². The molecule has 0 bridgehead atoms. The average Bonchev–Trinajstić information content (AvgIpc) is 2.74. The zero-order valence-corrected chi connectivity index (χ0v) is 11.1. The van der Waals surface area contributed by atoms with Crippen LogP contribution < -0.4 is 5.32 Å². The average molecular weight is 238 g/mol. The van der Waals surface area contributed by atoms with Crippen LogP contribution in [0.1, 0.15) is 34.1 Å². The fraction of sp³-hybridized carbons (Fsp3) is 0.769. The first-order chi connectivity index (χ1) is 7.88. The number of carbonyl (C=O) groups is 1. The second kappa shape index (κ2) is 4.33. The van der Waals surface area contributed by atoms with Crippen LogP contribution in [0, 0.1) is 0 Å². The summed E-state index contributed by atoms with van der Waals surface area (Å²) in [5, 5.41) is 3.30.